The molecule has 118 valence electrons. The second-order valence-electron chi connectivity index (χ2n) is 4.68. The van der Waals surface area contributed by atoms with Crippen LogP contribution in [-0.4, -0.2) is 16.4 Å². The van der Waals surface area contributed by atoms with Crippen molar-refractivity contribution in [3.8, 4) is 5.75 Å². The van der Waals surface area contributed by atoms with Gasteiger partial charge in [0.15, 0.2) is 5.11 Å². The summed E-state index contributed by atoms with van der Waals surface area (Å²) in [5.74, 6) is -0.155. The smallest absolute Gasteiger partial charge is 0.191 e. The van der Waals surface area contributed by atoms with Crippen molar-refractivity contribution >= 4 is 29.2 Å². The van der Waals surface area contributed by atoms with E-state index in [-0.39, 0.29) is 16.7 Å². The third kappa shape index (κ3) is 4.89. The summed E-state index contributed by atoms with van der Waals surface area (Å²) in [5, 5.41) is 17.2. The molecule has 23 heavy (non-hydrogen) atoms. The first-order valence-electron chi connectivity index (χ1n) is 6.87. The molecule has 0 aliphatic heterocycles. The highest BCUT2D eigenvalue weighted by Gasteiger charge is 2.03. The third-order valence-corrected chi connectivity index (χ3v) is 3.18. The molecule has 0 radical (unpaired) electrons. The van der Waals surface area contributed by atoms with Gasteiger partial charge >= 0.3 is 0 Å². The summed E-state index contributed by atoms with van der Waals surface area (Å²) in [6.45, 7) is 3.65. The van der Waals surface area contributed by atoms with Crippen LogP contribution in [0, 0.1) is 5.82 Å². The second-order valence-corrected chi connectivity index (χ2v) is 5.09. The van der Waals surface area contributed by atoms with Crippen LogP contribution in [0.1, 0.15) is 11.1 Å². The van der Waals surface area contributed by atoms with Gasteiger partial charge in [-0.15, -0.1) is 6.58 Å². The first-order chi connectivity index (χ1) is 11.1. The maximum Gasteiger partial charge on any atom is 0.191 e. The summed E-state index contributed by atoms with van der Waals surface area (Å²) in [6, 6.07) is 11.2. The summed E-state index contributed by atoms with van der Waals surface area (Å²) < 4.78 is 12.8. The lowest BCUT2D eigenvalue weighted by atomic mass is 10.1. The molecule has 0 bridgehead atoms. The van der Waals surface area contributed by atoms with E-state index in [0.717, 1.165) is 5.56 Å². The number of thiocarbonyl (C=S) groups is 1. The van der Waals surface area contributed by atoms with Crippen molar-refractivity contribution < 1.29 is 9.50 Å². The molecule has 0 aromatic heterocycles. The molecule has 0 aliphatic carbocycles. The summed E-state index contributed by atoms with van der Waals surface area (Å²) in [7, 11) is 0. The van der Waals surface area contributed by atoms with Gasteiger partial charge in [0.05, 0.1) is 6.21 Å². The standard InChI is InChI=1S/C17H16FN3OS/c1-2-4-12-5-3-6-13(16(12)22)11-19-21-17(23)20-15-9-7-14(18)8-10-15/h2-3,5-11,22H,1,4H2,(H2,20,21,23). The molecule has 0 spiro atoms. The zero-order valence-electron chi connectivity index (χ0n) is 12.3. The van der Waals surface area contributed by atoms with Crippen LogP contribution in [0.25, 0.3) is 0 Å². The number of hydrogen-bond donors (Lipinski definition) is 3. The number of nitrogens with zero attached hydrogens (tertiary/aromatic N) is 1. The highest BCUT2D eigenvalue weighted by Crippen LogP contribution is 2.21. The number of anilines is 1. The first kappa shape index (κ1) is 16.6. The largest absolute Gasteiger partial charge is 0.507 e. The van der Waals surface area contributed by atoms with E-state index in [9.17, 15) is 9.50 Å². The zero-order chi connectivity index (χ0) is 16.7. The molecule has 0 unspecified atom stereocenters. The third-order valence-electron chi connectivity index (χ3n) is 2.99. The fourth-order valence-corrected chi connectivity index (χ4v) is 2.06. The number of rotatable bonds is 5. The van der Waals surface area contributed by atoms with Gasteiger partial charge in [-0.2, -0.15) is 5.10 Å². The molecule has 0 aliphatic rings. The Kier molecular flexibility index (Phi) is 5.82. The first-order valence-corrected chi connectivity index (χ1v) is 7.28. The Morgan fingerprint density at radius 1 is 1.26 bits per heavy atom. The Balaban J connectivity index is 1.96. The van der Waals surface area contributed by atoms with Gasteiger partial charge < -0.3 is 10.4 Å². The molecule has 4 nitrogen and oxygen atoms in total. The summed E-state index contributed by atoms with van der Waals surface area (Å²) >= 11 is 5.08. The van der Waals surface area contributed by atoms with Crippen LogP contribution in [-0.2, 0) is 6.42 Å². The lowest BCUT2D eigenvalue weighted by molar-refractivity contribution is 0.469. The van der Waals surface area contributed by atoms with Gasteiger partial charge in [-0.05, 0) is 54.5 Å². The molecule has 0 saturated carbocycles. The van der Waals surface area contributed by atoms with E-state index in [4.69, 9.17) is 12.2 Å². The van der Waals surface area contributed by atoms with Crippen molar-refractivity contribution in [2.24, 2.45) is 5.10 Å². The Morgan fingerprint density at radius 2 is 2.00 bits per heavy atom. The predicted molar refractivity (Wildman–Crippen MR) is 95.4 cm³/mol. The average Bonchev–Trinajstić information content (AvgIpc) is 2.53. The molecule has 0 amide bonds. The summed E-state index contributed by atoms with van der Waals surface area (Å²) in [6.07, 6.45) is 3.77. The molecule has 6 heteroatoms. The number of allylic oxidation sites excluding steroid dienone is 1. The summed E-state index contributed by atoms with van der Waals surface area (Å²) in [5.41, 5.74) is 4.63. The molecular weight excluding hydrogens is 313 g/mol. The Morgan fingerprint density at radius 3 is 2.70 bits per heavy atom. The molecule has 3 N–H and O–H groups in total. The van der Waals surface area contributed by atoms with Gasteiger partial charge in [-0.25, -0.2) is 4.39 Å². The number of benzene rings is 2. The number of halogens is 1. The Bertz CT molecular complexity index is 729. The fraction of sp³-hybridized carbons (Fsp3) is 0.0588. The van der Waals surface area contributed by atoms with Crippen LogP contribution in [0.4, 0.5) is 10.1 Å². The van der Waals surface area contributed by atoms with E-state index in [1.165, 1.54) is 18.3 Å². The lowest BCUT2D eigenvalue weighted by Crippen LogP contribution is -2.23. The van der Waals surface area contributed by atoms with Crippen molar-refractivity contribution in [1.82, 2.24) is 5.43 Å². The fourth-order valence-electron chi connectivity index (χ4n) is 1.89. The van der Waals surface area contributed by atoms with Gasteiger partial charge in [0, 0.05) is 11.3 Å². The number of phenolic OH excluding ortho intramolecular Hbond substituents is 1. The highest BCUT2D eigenvalue weighted by molar-refractivity contribution is 7.80. The van der Waals surface area contributed by atoms with Crippen LogP contribution in [0.2, 0.25) is 0 Å². The second kappa shape index (κ2) is 8.05. The quantitative estimate of drug-likeness (QED) is 0.340. The number of aromatic hydroxyl groups is 1. The maximum atomic E-state index is 12.8. The number of hydrogen-bond acceptors (Lipinski definition) is 3. The van der Waals surface area contributed by atoms with Crippen molar-refractivity contribution in [3.63, 3.8) is 0 Å². The normalized spacial score (nSPS) is 10.5. The van der Waals surface area contributed by atoms with Crippen LogP contribution in [0.5, 0.6) is 5.75 Å². The van der Waals surface area contributed by atoms with Crippen LogP contribution in [0.15, 0.2) is 60.2 Å². The minimum atomic E-state index is -0.317. The number of nitrogens with one attached hydrogen (secondary N) is 2. The highest BCUT2D eigenvalue weighted by atomic mass is 32.1. The Hall–Kier alpha value is -2.73. The molecular formula is C17H16FN3OS. The van der Waals surface area contributed by atoms with E-state index in [1.807, 2.05) is 12.1 Å². The van der Waals surface area contributed by atoms with E-state index < -0.39 is 0 Å². The molecule has 0 saturated heterocycles. The van der Waals surface area contributed by atoms with Crippen LogP contribution < -0.4 is 10.7 Å². The van der Waals surface area contributed by atoms with Crippen molar-refractivity contribution in [1.29, 1.82) is 0 Å². The number of para-hydroxylation sites is 1. The number of hydrazone groups is 1. The molecule has 0 atom stereocenters. The van der Waals surface area contributed by atoms with Crippen LogP contribution in [0.3, 0.4) is 0 Å². The monoisotopic (exact) mass is 329 g/mol. The van der Waals surface area contributed by atoms with Crippen molar-refractivity contribution in [2.45, 2.75) is 6.42 Å². The molecule has 2 rings (SSSR count). The SMILES string of the molecule is C=CCc1cccc(C=NNC(=S)Nc2ccc(F)cc2)c1O. The van der Waals surface area contributed by atoms with Crippen LogP contribution >= 0.6 is 12.2 Å². The summed E-state index contributed by atoms with van der Waals surface area (Å²) in [4.78, 5) is 0. The van der Waals surface area contributed by atoms with E-state index in [1.54, 1.807) is 24.3 Å². The van der Waals surface area contributed by atoms with Gasteiger partial charge in [-0.3, -0.25) is 5.43 Å². The maximum absolute atomic E-state index is 12.8. The van der Waals surface area contributed by atoms with Gasteiger partial charge in [0.25, 0.3) is 0 Å². The van der Waals surface area contributed by atoms with E-state index >= 15 is 0 Å². The molecule has 2 aromatic rings. The van der Waals surface area contributed by atoms with E-state index in [2.05, 4.69) is 22.4 Å². The van der Waals surface area contributed by atoms with Gasteiger partial charge in [0.2, 0.25) is 0 Å². The van der Waals surface area contributed by atoms with Crippen molar-refractivity contribution in [2.75, 3.05) is 5.32 Å². The van der Waals surface area contributed by atoms with E-state index in [0.29, 0.717) is 17.7 Å². The van der Waals surface area contributed by atoms with Gasteiger partial charge in [0.1, 0.15) is 11.6 Å². The lowest BCUT2D eigenvalue weighted by Gasteiger charge is -2.07. The topological polar surface area (TPSA) is 56.7 Å². The minimum absolute atomic E-state index is 0.162. The minimum Gasteiger partial charge on any atom is -0.507 e. The molecule has 2 aromatic carbocycles. The average molecular weight is 329 g/mol. The predicted octanol–water partition coefficient (Wildman–Crippen LogP) is 3.58. The van der Waals surface area contributed by atoms with Crippen molar-refractivity contribution in [3.05, 3.63) is 72.1 Å². The molecule has 0 fully saturated rings. The molecule has 0 heterocycles. The van der Waals surface area contributed by atoms with Gasteiger partial charge in [-0.1, -0.05) is 18.2 Å². The Labute approximate surface area is 139 Å². The number of phenols is 1. The zero-order valence-corrected chi connectivity index (χ0v) is 13.1.